The highest BCUT2D eigenvalue weighted by molar-refractivity contribution is 5.75. The van der Waals surface area contributed by atoms with E-state index in [4.69, 9.17) is 5.73 Å². The van der Waals surface area contributed by atoms with Gasteiger partial charge >= 0.3 is 5.97 Å². The molecule has 0 saturated carbocycles. The Balaban J connectivity index is 0. The summed E-state index contributed by atoms with van der Waals surface area (Å²) in [5.74, 6) is -0.370. The molecule has 1 rings (SSSR count). The molecule has 0 heterocycles. The number of hydrogen-bond donors (Lipinski definition) is 1. The number of ether oxygens (including phenoxy) is 1. The molecule has 0 aliphatic heterocycles. The van der Waals surface area contributed by atoms with Crippen molar-refractivity contribution in [3.63, 3.8) is 0 Å². The van der Waals surface area contributed by atoms with Crippen LogP contribution in [0.3, 0.4) is 0 Å². The fraction of sp³-hybridized carbons (Fsp3) is 0.533. The van der Waals surface area contributed by atoms with Gasteiger partial charge in [0.25, 0.3) is 0 Å². The smallest absolute Gasteiger partial charge is 0.322 e. The zero-order valence-electron chi connectivity index (χ0n) is 12.5. The van der Waals surface area contributed by atoms with Gasteiger partial charge in [-0.1, -0.05) is 57.5 Å². The number of aryl methyl sites for hydroxylation is 1. The SMILES string of the molecule is CC.CC.COC(=O)C(N)Cc1ccc(C)cc1. The average Bonchev–Trinajstić information content (AvgIpc) is 2.44. The molecular weight excluding hydrogens is 226 g/mol. The van der Waals surface area contributed by atoms with Gasteiger partial charge in [-0.15, -0.1) is 0 Å². The van der Waals surface area contributed by atoms with Crippen LogP contribution in [0.4, 0.5) is 0 Å². The Labute approximate surface area is 111 Å². The van der Waals surface area contributed by atoms with Crippen LogP contribution in [0.5, 0.6) is 0 Å². The molecule has 0 aliphatic carbocycles. The van der Waals surface area contributed by atoms with Crippen molar-refractivity contribution in [1.82, 2.24) is 0 Å². The second-order valence-corrected chi connectivity index (χ2v) is 3.32. The summed E-state index contributed by atoms with van der Waals surface area (Å²) in [5, 5.41) is 0. The maximum Gasteiger partial charge on any atom is 0.322 e. The predicted molar refractivity (Wildman–Crippen MR) is 77.6 cm³/mol. The van der Waals surface area contributed by atoms with Crippen molar-refractivity contribution in [3.8, 4) is 0 Å². The summed E-state index contributed by atoms with van der Waals surface area (Å²) in [6, 6.07) is 7.37. The van der Waals surface area contributed by atoms with Crippen LogP contribution in [0.2, 0.25) is 0 Å². The minimum Gasteiger partial charge on any atom is -0.468 e. The standard InChI is InChI=1S/C11H15NO2.2C2H6/c1-8-3-5-9(6-4-8)7-10(12)11(13)14-2;2*1-2/h3-6,10H,7,12H2,1-2H3;2*1-2H3. The fourth-order valence-corrected chi connectivity index (χ4v) is 1.21. The Morgan fingerprint density at radius 2 is 1.61 bits per heavy atom. The van der Waals surface area contributed by atoms with E-state index in [9.17, 15) is 4.79 Å². The van der Waals surface area contributed by atoms with Gasteiger partial charge in [0.1, 0.15) is 6.04 Å². The Bertz CT molecular complexity index is 307. The van der Waals surface area contributed by atoms with Gasteiger partial charge in [0, 0.05) is 0 Å². The van der Waals surface area contributed by atoms with Crippen molar-refractivity contribution in [3.05, 3.63) is 35.4 Å². The number of esters is 1. The number of nitrogens with two attached hydrogens (primary N) is 1. The van der Waals surface area contributed by atoms with Crippen molar-refractivity contribution < 1.29 is 9.53 Å². The quantitative estimate of drug-likeness (QED) is 0.842. The van der Waals surface area contributed by atoms with Gasteiger partial charge in [-0.25, -0.2) is 0 Å². The average molecular weight is 253 g/mol. The van der Waals surface area contributed by atoms with Crippen LogP contribution in [0.15, 0.2) is 24.3 Å². The van der Waals surface area contributed by atoms with Gasteiger partial charge in [-0.3, -0.25) is 4.79 Å². The summed E-state index contributed by atoms with van der Waals surface area (Å²) >= 11 is 0. The summed E-state index contributed by atoms with van der Waals surface area (Å²) in [7, 11) is 1.34. The molecule has 0 aliphatic rings. The summed E-state index contributed by atoms with van der Waals surface area (Å²) in [5.41, 5.74) is 7.87. The molecule has 3 heteroatoms. The Morgan fingerprint density at radius 1 is 1.17 bits per heavy atom. The molecule has 1 unspecified atom stereocenters. The van der Waals surface area contributed by atoms with Crippen LogP contribution < -0.4 is 5.73 Å². The first-order valence-corrected chi connectivity index (χ1v) is 6.52. The van der Waals surface area contributed by atoms with Crippen molar-refractivity contribution in [1.29, 1.82) is 0 Å². The van der Waals surface area contributed by atoms with Crippen LogP contribution in [-0.2, 0) is 16.0 Å². The third-order valence-electron chi connectivity index (χ3n) is 2.08. The number of carbonyl (C=O) groups excluding carboxylic acids is 1. The Kier molecular flexibility index (Phi) is 12.8. The van der Waals surface area contributed by atoms with E-state index in [1.807, 2.05) is 58.9 Å². The predicted octanol–water partition coefficient (Wildman–Crippen LogP) is 3.09. The minimum atomic E-state index is -0.567. The first-order valence-electron chi connectivity index (χ1n) is 6.52. The van der Waals surface area contributed by atoms with Crippen LogP contribution in [0.25, 0.3) is 0 Å². The van der Waals surface area contributed by atoms with E-state index in [1.165, 1.54) is 12.7 Å². The molecule has 0 amide bonds. The number of methoxy groups -OCH3 is 1. The number of rotatable bonds is 3. The molecule has 0 saturated heterocycles. The van der Waals surface area contributed by atoms with Gasteiger partial charge in [0.05, 0.1) is 7.11 Å². The molecule has 0 radical (unpaired) electrons. The van der Waals surface area contributed by atoms with Crippen molar-refractivity contribution in [2.75, 3.05) is 7.11 Å². The second-order valence-electron chi connectivity index (χ2n) is 3.32. The maximum absolute atomic E-state index is 11.0. The number of carbonyl (C=O) groups is 1. The lowest BCUT2D eigenvalue weighted by atomic mass is 10.1. The minimum absolute atomic E-state index is 0.370. The molecular formula is C15H27NO2. The van der Waals surface area contributed by atoms with E-state index in [-0.39, 0.29) is 5.97 Å². The lowest BCUT2D eigenvalue weighted by molar-refractivity contribution is -0.142. The molecule has 104 valence electrons. The Hall–Kier alpha value is -1.35. The van der Waals surface area contributed by atoms with E-state index in [1.54, 1.807) is 0 Å². The second kappa shape index (κ2) is 12.1. The summed E-state index contributed by atoms with van der Waals surface area (Å²) < 4.78 is 4.54. The van der Waals surface area contributed by atoms with E-state index < -0.39 is 6.04 Å². The zero-order valence-corrected chi connectivity index (χ0v) is 12.5. The lowest BCUT2D eigenvalue weighted by Gasteiger charge is -2.08. The van der Waals surface area contributed by atoms with Crippen molar-refractivity contribution in [2.24, 2.45) is 5.73 Å². The van der Waals surface area contributed by atoms with Crippen molar-refractivity contribution in [2.45, 2.75) is 47.1 Å². The zero-order chi connectivity index (χ0) is 14.6. The van der Waals surface area contributed by atoms with Crippen LogP contribution in [0, 0.1) is 6.92 Å². The molecule has 0 spiro atoms. The molecule has 1 aromatic carbocycles. The number of hydrogen-bond acceptors (Lipinski definition) is 3. The summed E-state index contributed by atoms with van der Waals surface area (Å²) in [4.78, 5) is 11.0. The first-order chi connectivity index (χ1) is 8.63. The van der Waals surface area contributed by atoms with Gasteiger partial charge < -0.3 is 10.5 Å². The molecule has 1 atom stereocenters. The Morgan fingerprint density at radius 3 is 2.00 bits per heavy atom. The summed E-state index contributed by atoms with van der Waals surface area (Å²) in [6.45, 7) is 10.0. The van der Waals surface area contributed by atoms with Crippen molar-refractivity contribution >= 4 is 5.97 Å². The molecule has 1 aromatic rings. The monoisotopic (exact) mass is 253 g/mol. The van der Waals surface area contributed by atoms with Crippen LogP contribution >= 0.6 is 0 Å². The highest BCUT2D eigenvalue weighted by Crippen LogP contribution is 2.05. The van der Waals surface area contributed by atoms with E-state index in [2.05, 4.69) is 4.74 Å². The van der Waals surface area contributed by atoms with Gasteiger partial charge in [-0.2, -0.15) is 0 Å². The third kappa shape index (κ3) is 7.85. The molecule has 0 bridgehead atoms. The molecule has 18 heavy (non-hydrogen) atoms. The lowest BCUT2D eigenvalue weighted by Crippen LogP contribution is -2.33. The largest absolute Gasteiger partial charge is 0.468 e. The maximum atomic E-state index is 11.0. The van der Waals surface area contributed by atoms with E-state index in [0.717, 1.165) is 5.56 Å². The van der Waals surface area contributed by atoms with Crippen LogP contribution in [-0.4, -0.2) is 19.1 Å². The van der Waals surface area contributed by atoms with E-state index in [0.29, 0.717) is 6.42 Å². The van der Waals surface area contributed by atoms with Gasteiger partial charge in [0.2, 0.25) is 0 Å². The normalized spacial score (nSPS) is 10.2. The van der Waals surface area contributed by atoms with Gasteiger partial charge in [0.15, 0.2) is 0 Å². The summed E-state index contributed by atoms with van der Waals surface area (Å²) in [6.07, 6.45) is 0.521. The highest BCUT2D eigenvalue weighted by atomic mass is 16.5. The first kappa shape index (κ1) is 19.0. The van der Waals surface area contributed by atoms with Gasteiger partial charge in [-0.05, 0) is 18.9 Å². The number of benzene rings is 1. The topological polar surface area (TPSA) is 52.3 Å². The molecule has 2 N–H and O–H groups in total. The third-order valence-corrected chi connectivity index (χ3v) is 2.08. The van der Waals surface area contributed by atoms with E-state index >= 15 is 0 Å². The molecule has 0 aromatic heterocycles. The van der Waals surface area contributed by atoms with Crippen LogP contribution in [0.1, 0.15) is 38.8 Å². The fourth-order valence-electron chi connectivity index (χ4n) is 1.21. The highest BCUT2D eigenvalue weighted by Gasteiger charge is 2.13. The molecule has 3 nitrogen and oxygen atoms in total. The molecule has 0 fully saturated rings.